The van der Waals surface area contributed by atoms with Crippen LogP contribution in [-0.4, -0.2) is 30.8 Å². The quantitative estimate of drug-likeness (QED) is 0.694. The Labute approximate surface area is 128 Å². The summed E-state index contributed by atoms with van der Waals surface area (Å²) in [7, 11) is 1.36. The zero-order chi connectivity index (χ0) is 16.5. The summed E-state index contributed by atoms with van der Waals surface area (Å²) < 4.78 is 34.1. The van der Waals surface area contributed by atoms with Gasteiger partial charge in [0.1, 0.15) is 6.04 Å². The molecule has 0 aliphatic carbocycles. The minimum absolute atomic E-state index is 0.0720. The molecule has 0 spiro atoms. The number of nitrogens with one attached hydrogen (secondary N) is 1. The van der Waals surface area contributed by atoms with Gasteiger partial charge >= 0.3 is 12.6 Å². The second-order valence-electron chi connectivity index (χ2n) is 4.78. The summed E-state index contributed by atoms with van der Waals surface area (Å²) in [5, 5.41) is 12.0. The van der Waals surface area contributed by atoms with E-state index in [2.05, 4.69) is 10.1 Å². The smallest absolute Gasteiger partial charge is 0.387 e. The van der Waals surface area contributed by atoms with E-state index in [1.165, 1.54) is 19.2 Å². The lowest BCUT2D eigenvalue weighted by Gasteiger charge is -2.15. The van der Waals surface area contributed by atoms with Crippen molar-refractivity contribution < 1.29 is 28.2 Å². The maximum atomic E-state index is 12.4. The van der Waals surface area contributed by atoms with E-state index in [0.29, 0.717) is 12.0 Å². The Morgan fingerprint density at radius 3 is 2.64 bits per heavy atom. The number of methoxy groups -OCH3 is 1. The molecule has 0 radical (unpaired) electrons. The van der Waals surface area contributed by atoms with Crippen LogP contribution in [-0.2, 0) is 11.3 Å². The molecule has 1 aromatic rings. The Hall–Kier alpha value is -1.89. The second kappa shape index (κ2) is 9.19. The molecule has 0 heterocycles. The van der Waals surface area contributed by atoms with Crippen molar-refractivity contribution in [3.8, 4) is 11.5 Å². The fourth-order valence-electron chi connectivity index (χ4n) is 1.98. The van der Waals surface area contributed by atoms with Gasteiger partial charge in [0.25, 0.3) is 0 Å². The highest BCUT2D eigenvalue weighted by molar-refractivity contribution is 5.73. The third-order valence-electron chi connectivity index (χ3n) is 3.14. The number of alkyl halides is 2. The van der Waals surface area contributed by atoms with Crippen molar-refractivity contribution in [3.63, 3.8) is 0 Å². The maximum absolute atomic E-state index is 12.4. The van der Waals surface area contributed by atoms with Crippen molar-refractivity contribution in [3.05, 3.63) is 23.8 Å². The van der Waals surface area contributed by atoms with E-state index in [4.69, 9.17) is 9.84 Å². The molecular formula is C15H21F2NO4. The van der Waals surface area contributed by atoms with Gasteiger partial charge in [0.15, 0.2) is 11.5 Å². The van der Waals surface area contributed by atoms with Crippen molar-refractivity contribution in [2.24, 2.45) is 0 Å². The van der Waals surface area contributed by atoms with E-state index in [1.54, 1.807) is 6.07 Å². The number of benzene rings is 1. The van der Waals surface area contributed by atoms with Crippen molar-refractivity contribution in [1.82, 2.24) is 5.32 Å². The van der Waals surface area contributed by atoms with Gasteiger partial charge in [0.2, 0.25) is 0 Å². The van der Waals surface area contributed by atoms with Crippen LogP contribution in [0.1, 0.15) is 31.7 Å². The minimum Gasteiger partial charge on any atom is -0.493 e. The summed E-state index contributed by atoms with van der Waals surface area (Å²) in [6.45, 7) is -0.728. The number of aliphatic carboxylic acids is 1. The molecule has 0 amide bonds. The van der Waals surface area contributed by atoms with E-state index in [-0.39, 0.29) is 18.0 Å². The van der Waals surface area contributed by atoms with Gasteiger partial charge < -0.3 is 19.9 Å². The van der Waals surface area contributed by atoms with Crippen LogP contribution < -0.4 is 14.8 Å². The first kappa shape index (κ1) is 18.2. The number of hydrogen-bond acceptors (Lipinski definition) is 4. The number of hydrogen-bond donors (Lipinski definition) is 2. The molecule has 1 rings (SSSR count). The van der Waals surface area contributed by atoms with Crippen LogP contribution in [0.3, 0.4) is 0 Å². The summed E-state index contributed by atoms with van der Waals surface area (Å²) in [5.74, 6) is -0.798. The zero-order valence-corrected chi connectivity index (χ0v) is 12.6. The number of halogens is 2. The number of rotatable bonds is 10. The van der Waals surface area contributed by atoms with E-state index >= 15 is 0 Å². The first-order valence-corrected chi connectivity index (χ1v) is 7.05. The van der Waals surface area contributed by atoms with Gasteiger partial charge in [-0.3, -0.25) is 4.79 Å². The predicted octanol–water partition coefficient (Wildman–Crippen LogP) is 3.03. The molecule has 0 aliphatic heterocycles. The average molecular weight is 317 g/mol. The van der Waals surface area contributed by atoms with Crippen molar-refractivity contribution >= 4 is 5.97 Å². The van der Waals surface area contributed by atoms with Crippen LogP contribution in [0, 0.1) is 0 Å². The second-order valence-corrected chi connectivity index (χ2v) is 4.78. The van der Waals surface area contributed by atoms with Crippen LogP contribution in [0.2, 0.25) is 0 Å². The lowest BCUT2D eigenvalue weighted by atomic mass is 10.1. The molecule has 124 valence electrons. The molecule has 0 bridgehead atoms. The number of ether oxygens (including phenoxy) is 2. The van der Waals surface area contributed by atoms with Gasteiger partial charge in [-0.2, -0.15) is 8.78 Å². The molecule has 0 saturated carbocycles. The lowest BCUT2D eigenvalue weighted by Crippen LogP contribution is -2.36. The lowest BCUT2D eigenvalue weighted by molar-refractivity contribution is -0.139. The normalized spacial score (nSPS) is 12.2. The van der Waals surface area contributed by atoms with E-state index in [0.717, 1.165) is 12.8 Å². The van der Waals surface area contributed by atoms with Crippen LogP contribution in [0.4, 0.5) is 8.78 Å². The largest absolute Gasteiger partial charge is 0.493 e. The van der Waals surface area contributed by atoms with Crippen LogP contribution >= 0.6 is 0 Å². The van der Waals surface area contributed by atoms with Gasteiger partial charge in [0.05, 0.1) is 7.11 Å². The molecule has 2 N–H and O–H groups in total. The summed E-state index contributed by atoms with van der Waals surface area (Å²) in [4.78, 5) is 11.1. The van der Waals surface area contributed by atoms with Crippen LogP contribution in [0.15, 0.2) is 18.2 Å². The van der Waals surface area contributed by atoms with Gasteiger partial charge in [-0.25, -0.2) is 0 Å². The Kier molecular flexibility index (Phi) is 7.59. The third kappa shape index (κ3) is 5.85. The summed E-state index contributed by atoms with van der Waals surface area (Å²) in [6, 6.07) is 3.93. The Morgan fingerprint density at radius 2 is 2.09 bits per heavy atom. The molecule has 0 aliphatic rings. The summed E-state index contributed by atoms with van der Waals surface area (Å²) in [6.07, 6.45) is 2.22. The van der Waals surface area contributed by atoms with Crippen molar-refractivity contribution in [2.45, 2.75) is 45.4 Å². The SMILES string of the molecule is CCCC[C@H](NCc1ccc(OC)c(OC(F)F)c1)C(=O)O. The van der Waals surface area contributed by atoms with Crippen LogP contribution in [0.5, 0.6) is 11.5 Å². The Morgan fingerprint density at radius 1 is 1.36 bits per heavy atom. The summed E-state index contributed by atoms with van der Waals surface area (Å²) in [5.41, 5.74) is 0.638. The van der Waals surface area contributed by atoms with Crippen molar-refractivity contribution in [2.75, 3.05) is 7.11 Å². The number of carbonyl (C=O) groups is 1. The van der Waals surface area contributed by atoms with Gasteiger partial charge in [-0.1, -0.05) is 25.8 Å². The summed E-state index contributed by atoms with van der Waals surface area (Å²) >= 11 is 0. The third-order valence-corrected chi connectivity index (χ3v) is 3.14. The molecule has 7 heteroatoms. The maximum Gasteiger partial charge on any atom is 0.387 e. The molecule has 5 nitrogen and oxygen atoms in total. The molecule has 22 heavy (non-hydrogen) atoms. The van der Waals surface area contributed by atoms with Gasteiger partial charge in [0, 0.05) is 6.54 Å². The number of unbranched alkanes of at least 4 members (excludes halogenated alkanes) is 1. The molecular weight excluding hydrogens is 296 g/mol. The Bertz CT molecular complexity index is 483. The van der Waals surface area contributed by atoms with Gasteiger partial charge in [-0.05, 0) is 24.1 Å². The molecule has 1 aromatic carbocycles. The Balaban J connectivity index is 2.73. The van der Waals surface area contributed by atoms with E-state index < -0.39 is 18.6 Å². The number of carboxylic acids is 1. The minimum atomic E-state index is -2.95. The molecule has 0 aromatic heterocycles. The molecule has 0 saturated heterocycles. The zero-order valence-electron chi connectivity index (χ0n) is 12.6. The van der Waals surface area contributed by atoms with Crippen molar-refractivity contribution in [1.29, 1.82) is 0 Å². The van der Waals surface area contributed by atoms with Gasteiger partial charge in [-0.15, -0.1) is 0 Å². The molecule has 1 atom stereocenters. The predicted molar refractivity (Wildman–Crippen MR) is 77.4 cm³/mol. The fourth-order valence-corrected chi connectivity index (χ4v) is 1.98. The highest BCUT2D eigenvalue weighted by Crippen LogP contribution is 2.29. The highest BCUT2D eigenvalue weighted by atomic mass is 19.3. The average Bonchev–Trinajstić information content (AvgIpc) is 2.46. The topological polar surface area (TPSA) is 67.8 Å². The fraction of sp³-hybridized carbons (Fsp3) is 0.533. The molecule has 0 fully saturated rings. The first-order valence-electron chi connectivity index (χ1n) is 7.05. The standard InChI is InChI=1S/C15H21F2NO4/c1-3-4-5-11(14(19)20)18-9-10-6-7-12(21-2)13(8-10)22-15(16)17/h6-8,11,15,18H,3-5,9H2,1-2H3,(H,19,20)/t11-/m0/s1. The van der Waals surface area contributed by atoms with E-state index in [1.807, 2.05) is 6.92 Å². The monoisotopic (exact) mass is 317 g/mol. The van der Waals surface area contributed by atoms with E-state index in [9.17, 15) is 13.6 Å². The number of carboxylic acid groups (broad SMARTS) is 1. The first-order chi connectivity index (χ1) is 10.5. The highest BCUT2D eigenvalue weighted by Gasteiger charge is 2.17. The van der Waals surface area contributed by atoms with Crippen LogP contribution in [0.25, 0.3) is 0 Å². The molecule has 0 unspecified atom stereocenters.